The minimum Gasteiger partial charge on any atom is -0.486 e. The van der Waals surface area contributed by atoms with Gasteiger partial charge in [0.15, 0.2) is 0 Å². The number of hydrogen-bond donors (Lipinski definition) is 0. The molecule has 4 nitrogen and oxygen atoms in total. The minimum atomic E-state index is 0.433. The molecule has 2 heterocycles. The number of nitrogens with zero attached hydrogens (tertiary/aromatic N) is 3. The number of rotatable bonds is 5. The topological polar surface area (TPSA) is 39.9 Å². The first-order valence-electron chi connectivity index (χ1n) is 5.86. The van der Waals surface area contributed by atoms with Gasteiger partial charge >= 0.3 is 0 Å². The first-order chi connectivity index (χ1) is 8.29. The fraction of sp³-hybridized carbons (Fsp3) is 0.385. The van der Waals surface area contributed by atoms with Gasteiger partial charge in [0.2, 0.25) is 0 Å². The maximum absolute atomic E-state index is 5.58. The lowest BCUT2D eigenvalue weighted by molar-refractivity contribution is 0.297. The minimum absolute atomic E-state index is 0.433. The van der Waals surface area contributed by atoms with Crippen LogP contribution in [0.1, 0.15) is 32.0 Å². The second-order valence-corrected chi connectivity index (χ2v) is 4.02. The highest BCUT2D eigenvalue weighted by Crippen LogP contribution is 2.12. The summed E-state index contributed by atoms with van der Waals surface area (Å²) in [5, 5.41) is 4.47. The van der Waals surface area contributed by atoms with Crippen LogP contribution in [-0.2, 0) is 6.61 Å². The zero-order chi connectivity index (χ0) is 12.1. The van der Waals surface area contributed by atoms with Crippen molar-refractivity contribution in [2.24, 2.45) is 0 Å². The lowest BCUT2D eigenvalue weighted by Gasteiger charge is -2.08. The van der Waals surface area contributed by atoms with E-state index in [0.717, 1.165) is 17.9 Å². The standard InChI is InChI=1S/C13H17N3O/c1-3-11(2)16-8-6-12(15-16)10-17-13-5-4-7-14-9-13/h4-9,11H,3,10H2,1-2H3. The molecule has 2 rings (SSSR count). The Bertz CT molecular complexity index is 453. The van der Waals surface area contributed by atoms with Gasteiger partial charge in [0.05, 0.1) is 11.9 Å². The van der Waals surface area contributed by atoms with Gasteiger partial charge in [-0.3, -0.25) is 9.67 Å². The summed E-state index contributed by atoms with van der Waals surface area (Å²) in [5.41, 5.74) is 0.939. The Kier molecular flexibility index (Phi) is 3.75. The van der Waals surface area contributed by atoms with E-state index in [1.807, 2.05) is 29.1 Å². The first-order valence-corrected chi connectivity index (χ1v) is 5.86. The monoisotopic (exact) mass is 231 g/mol. The summed E-state index contributed by atoms with van der Waals surface area (Å²) in [6.45, 7) is 4.78. The van der Waals surface area contributed by atoms with Crippen LogP contribution in [0.5, 0.6) is 5.75 Å². The van der Waals surface area contributed by atoms with E-state index < -0.39 is 0 Å². The summed E-state index contributed by atoms with van der Waals surface area (Å²) in [6.07, 6.45) is 6.50. The molecule has 1 unspecified atom stereocenters. The van der Waals surface area contributed by atoms with Gasteiger partial charge in [-0.15, -0.1) is 0 Å². The molecule has 0 aliphatic rings. The third-order valence-corrected chi connectivity index (χ3v) is 2.73. The van der Waals surface area contributed by atoms with E-state index in [0.29, 0.717) is 12.6 Å². The van der Waals surface area contributed by atoms with Crippen LogP contribution in [0.2, 0.25) is 0 Å². The van der Waals surface area contributed by atoms with Crippen LogP contribution in [-0.4, -0.2) is 14.8 Å². The fourth-order valence-electron chi connectivity index (χ4n) is 1.48. The Morgan fingerprint density at radius 1 is 1.41 bits per heavy atom. The third kappa shape index (κ3) is 3.06. The zero-order valence-corrected chi connectivity index (χ0v) is 10.2. The normalized spacial score (nSPS) is 12.4. The molecule has 0 N–H and O–H groups in total. The maximum Gasteiger partial charge on any atom is 0.138 e. The van der Waals surface area contributed by atoms with Gasteiger partial charge in [0.1, 0.15) is 12.4 Å². The van der Waals surface area contributed by atoms with Crippen molar-refractivity contribution in [3.05, 3.63) is 42.5 Å². The van der Waals surface area contributed by atoms with Crippen LogP contribution in [0.3, 0.4) is 0 Å². The van der Waals surface area contributed by atoms with Gasteiger partial charge in [-0.25, -0.2) is 0 Å². The van der Waals surface area contributed by atoms with E-state index in [9.17, 15) is 0 Å². The smallest absolute Gasteiger partial charge is 0.138 e. The average molecular weight is 231 g/mol. The molecular formula is C13H17N3O. The SMILES string of the molecule is CCC(C)n1ccc(COc2cccnc2)n1. The summed E-state index contributed by atoms with van der Waals surface area (Å²) >= 11 is 0. The van der Waals surface area contributed by atoms with Crippen LogP contribution in [0.15, 0.2) is 36.8 Å². The second kappa shape index (κ2) is 5.48. The molecule has 4 heteroatoms. The number of aromatic nitrogens is 3. The first kappa shape index (κ1) is 11.6. The molecule has 0 aromatic carbocycles. The van der Waals surface area contributed by atoms with E-state index in [1.54, 1.807) is 12.4 Å². The summed E-state index contributed by atoms with van der Waals surface area (Å²) < 4.78 is 7.55. The molecule has 0 saturated carbocycles. The quantitative estimate of drug-likeness (QED) is 0.794. The predicted molar refractivity (Wildman–Crippen MR) is 65.8 cm³/mol. The van der Waals surface area contributed by atoms with Crippen molar-refractivity contribution in [3.8, 4) is 5.75 Å². The predicted octanol–water partition coefficient (Wildman–Crippen LogP) is 2.83. The molecule has 0 aliphatic carbocycles. The highest BCUT2D eigenvalue weighted by Gasteiger charge is 2.04. The summed E-state index contributed by atoms with van der Waals surface area (Å²) in [6, 6.07) is 6.16. The van der Waals surface area contributed by atoms with Crippen molar-refractivity contribution in [1.29, 1.82) is 0 Å². The van der Waals surface area contributed by atoms with E-state index in [1.165, 1.54) is 0 Å². The molecule has 0 spiro atoms. The largest absolute Gasteiger partial charge is 0.486 e. The fourth-order valence-corrected chi connectivity index (χ4v) is 1.48. The average Bonchev–Trinajstić information content (AvgIpc) is 2.85. The summed E-state index contributed by atoms with van der Waals surface area (Å²) in [5.74, 6) is 0.769. The summed E-state index contributed by atoms with van der Waals surface area (Å²) in [7, 11) is 0. The molecule has 17 heavy (non-hydrogen) atoms. The number of pyridine rings is 1. The molecule has 0 bridgehead atoms. The van der Waals surface area contributed by atoms with Gasteiger partial charge in [-0.05, 0) is 31.5 Å². The third-order valence-electron chi connectivity index (χ3n) is 2.73. The Balaban J connectivity index is 1.94. The van der Waals surface area contributed by atoms with E-state index in [-0.39, 0.29) is 0 Å². The number of ether oxygens (including phenoxy) is 1. The zero-order valence-electron chi connectivity index (χ0n) is 10.2. The number of hydrogen-bond acceptors (Lipinski definition) is 3. The van der Waals surface area contributed by atoms with Gasteiger partial charge in [-0.2, -0.15) is 5.10 Å². The highest BCUT2D eigenvalue weighted by atomic mass is 16.5. The lowest BCUT2D eigenvalue weighted by atomic mass is 10.3. The van der Waals surface area contributed by atoms with E-state index >= 15 is 0 Å². The van der Waals surface area contributed by atoms with Crippen LogP contribution in [0.4, 0.5) is 0 Å². The van der Waals surface area contributed by atoms with Crippen LogP contribution >= 0.6 is 0 Å². The lowest BCUT2D eigenvalue weighted by Crippen LogP contribution is -2.05. The van der Waals surface area contributed by atoms with Crippen molar-refractivity contribution in [1.82, 2.24) is 14.8 Å². The van der Waals surface area contributed by atoms with Crippen molar-refractivity contribution >= 4 is 0 Å². The second-order valence-electron chi connectivity index (χ2n) is 4.02. The Morgan fingerprint density at radius 3 is 3.00 bits per heavy atom. The van der Waals surface area contributed by atoms with E-state index in [4.69, 9.17) is 4.74 Å². The maximum atomic E-state index is 5.58. The molecule has 0 saturated heterocycles. The van der Waals surface area contributed by atoms with Gasteiger partial charge < -0.3 is 4.74 Å². The summed E-state index contributed by atoms with van der Waals surface area (Å²) in [4.78, 5) is 3.99. The van der Waals surface area contributed by atoms with Gasteiger partial charge in [0, 0.05) is 18.4 Å². The van der Waals surface area contributed by atoms with Crippen molar-refractivity contribution < 1.29 is 4.74 Å². The van der Waals surface area contributed by atoms with Crippen LogP contribution in [0, 0.1) is 0 Å². The molecular weight excluding hydrogens is 214 g/mol. The molecule has 90 valence electrons. The van der Waals surface area contributed by atoms with Crippen LogP contribution in [0.25, 0.3) is 0 Å². The molecule has 0 aliphatic heterocycles. The highest BCUT2D eigenvalue weighted by molar-refractivity contribution is 5.15. The molecule has 2 aromatic heterocycles. The van der Waals surface area contributed by atoms with Gasteiger partial charge in [0.25, 0.3) is 0 Å². The molecule has 1 atom stereocenters. The van der Waals surface area contributed by atoms with Gasteiger partial charge in [-0.1, -0.05) is 6.92 Å². The van der Waals surface area contributed by atoms with E-state index in [2.05, 4.69) is 23.9 Å². The van der Waals surface area contributed by atoms with Crippen molar-refractivity contribution in [3.63, 3.8) is 0 Å². The Labute approximate surface area is 101 Å². The van der Waals surface area contributed by atoms with Crippen molar-refractivity contribution in [2.75, 3.05) is 0 Å². The van der Waals surface area contributed by atoms with Crippen LogP contribution < -0.4 is 4.74 Å². The Hall–Kier alpha value is -1.84. The molecule has 0 amide bonds. The molecule has 0 radical (unpaired) electrons. The molecule has 2 aromatic rings. The Morgan fingerprint density at radius 2 is 2.29 bits per heavy atom. The van der Waals surface area contributed by atoms with Crippen molar-refractivity contribution in [2.45, 2.75) is 32.9 Å². The molecule has 0 fully saturated rings.